The largest absolute Gasteiger partial charge is 0.410 e. The highest BCUT2D eigenvalue weighted by atomic mass is 32.2. The lowest BCUT2D eigenvalue weighted by molar-refractivity contribution is -0.205. The molecule has 1 saturated heterocycles. The molecule has 0 saturated carbocycles. The van der Waals surface area contributed by atoms with E-state index in [2.05, 4.69) is 5.16 Å². The van der Waals surface area contributed by atoms with Crippen LogP contribution in [0.2, 0.25) is 0 Å². The van der Waals surface area contributed by atoms with Crippen molar-refractivity contribution in [1.29, 1.82) is 0 Å². The zero-order valence-electron chi connectivity index (χ0n) is 12.7. The average molecular weight is 359 g/mol. The number of oxime groups is 1. The maximum Gasteiger partial charge on any atom is 0.138 e. The van der Waals surface area contributed by atoms with E-state index >= 15 is 0 Å². The lowest BCUT2D eigenvalue weighted by atomic mass is 10.0. The maximum absolute atomic E-state index is 10.2. The molecule has 2 rings (SSSR count). The van der Waals surface area contributed by atoms with E-state index in [-0.39, 0.29) is 11.5 Å². The van der Waals surface area contributed by atoms with E-state index in [1.54, 1.807) is 30.3 Å². The first-order valence-corrected chi connectivity index (χ1v) is 8.27. The molecule has 0 amide bonds. The van der Waals surface area contributed by atoms with Crippen molar-refractivity contribution in [2.24, 2.45) is 5.16 Å². The molecule has 1 heterocycles. The van der Waals surface area contributed by atoms with Crippen molar-refractivity contribution in [1.82, 2.24) is 0 Å². The van der Waals surface area contributed by atoms with Gasteiger partial charge in [-0.15, -0.1) is 0 Å². The second kappa shape index (κ2) is 8.77. The number of benzene rings is 1. The Balaban J connectivity index is 2.01. The minimum atomic E-state index is -1.51. The van der Waals surface area contributed by atoms with E-state index in [0.29, 0.717) is 5.56 Å². The van der Waals surface area contributed by atoms with Gasteiger partial charge in [-0.05, 0) is 5.56 Å². The summed E-state index contributed by atoms with van der Waals surface area (Å²) in [4.78, 5) is 0. The fourth-order valence-corrected chi connectivity index (χ4v) is 3.44. The smallest absolute Gasteiger partial charge is 0.138 e. The van der Waals surface area contributed by atoms with Crippen LogP contribution in [0.25, 0.3) is 0 Å². The van der Waals surface area contributed by atoms with Crippen LogP contribution in [0, 0.1) is 0 Å². The van der Waals surface area contributed by atoms with Gasteiger partial charge < -0.3 is 35.5 Å². The lowest BCUT2D eigenvalue weighted by Crippen LogP contribution is -2.57. The maximum atomic E-state index is 10.2. The van der Waals surface area contributed by atoms with Crippen LogP contribution in [-0.2, 0) is 4.74 Å². The topological polar surface area (TPSA) is 143 Å². The summed E-state index contributed by atoms with van der Waals surface area (Å²) in [6.07, 6.45) is -6.40. The van der Waals surface area contributed by atoms with Crippen molar-refractivity contribution in [3.8, 4) is 0 Å². The van der Waals surface area contributed by atoms with E-state index in [9.17, 15) is 20.4 Å². The quantitative estimate of drug-likeness (QED) is 0.178. The summed E-state index contributed by atoms with van der Waals surface area (Å²) >= 11 is 0.807. The normalized spacial score (nSPS) is 32.5. The molecule has 9 heteroatoms. The van der Waals surface area contributed by atoms with E-state index < -0.39 is 42.6 Å². The minimum Gasteiger partial charge on any atom is -0.410 e. The van der Waals surface area contributed by atoms with Crippen LogP contribution < -0.4 is 0 Å². The number of rotatable bonds is 5. The van der Waals surface area contributed by atoms with E-state index in [4.69, 9.17) is 15.1 Å². The summed E-state index contributed by atoms with van der Waals surface area (Å²) in [5.41, 5.74) is -0.428. The molecule has 0 radical (unpaired) electrons. The second-order valence-electron chi connectivity index (χ2n) is 5.44. The van der Waals surface area contributed by atoms with E-state index in [1.807, 2.05) is 0 Å². The molecule has 1 aromatic carbocycles. The van der Waals surface area contributed by atoms with Crippen LogP contribution in [0.5, 0.6) is 0 Å². The van der Waals surface area contributed by atoms with Crippen molar-refractivity contribution in [3.05, 3.63) is 35.9 Å². The van der Waals surface area contributed by atoms with Crippen LogP contribution in [0.4, 0.5) is 0 Å². The number of hydrogen-bond donors (Lipinski definition) is 6. The first-order chi connectivity index (χ1) is 11.5. The number of hydrogen-bond acceptors (Lipinski definition) is 9. The van der Waals surface area contributed by atoms with Gasteiger partial charge in [0, 0.05) is 6.42 Å². The Hall–Kier alpha value is -1.20. The van der Waals surface area contributed by atoms with Crippen molar-refractivity contribution >= 4 is 16.8 Å². The zero-order valence-corrected chi connectivity index (χ0v) is 13.5. The summed E-state index contributed by atoms with van der Waals surface area (Å²) < 4.78 is 5.33. The molecule has 6 atom stereocenters. The Morgan fingerprint density at radius 2 is 1.79 bits per heavy atom. The van der Waals surface area contributed by atoms with Crippen LogP contribution in [0.3, 0.4) is 0 Å². The van der Waals surface area contributed by atoms with Crippen LogP contribution in [-0.4, -0.2) is 72.2 Å². The zero-order chi connectivity index (χ0) is 17.7. The number of thioether (sulfide) groups is 1. The highest BCUT2D eigenvalue weighted by Crippen LogP contribution is 2.31. The van der Waals surface area contributed by atoms with Gasteiger partial charge in [0.15, 0.2) is 0 Å². The van der Waals surface area contributed by atoms with Crippen molar-refractivity contribution < 1.29 is 35.5 Å². The molecule has 134 valence electrons. The predicted octanol–water partition coefficient (Wildman–Crippen LogP) is -0.569. The number of ether oxygens (including phenoxy) is 1. The third kappa shape index (κ3) is 4.45. The van der Waals surface area contributed by atoms with Crippen LogP contribution in [0.1, 0.15) is 18.1 Å². The first kappa shape index (κ1) is 19.1. The molecular weight excluding hydrogens is 338 g/mol. The van der Waals surface area contributed by atoms with Gasteiger partial charge in [-0.1, -0.05) is 47.2 Å². The summed E-state index contributed by atoms with van der Waals surface area (Å²) in [5.74, 6) is 0. The van der Waals surface area contributed by atoms with Gasteiger partial charge in [-0.3, -0.25) is 0 Å². The predicted molar refractivity (Wildman–Crippen MR) is 86.6 cm³/mol. The summed E-state index contributed by atoms with van der Waals surface area (Å²) in [5, 5.41) is 61.1. The molecule has 1 aromatic rings. The molecule has 1 fully saturated rings. The third-order valence-corrected chi connectivity index (χ3v) is 4.91. The Labute approximate surface area is 143 Å². The summed E-state index contributed by atoms with van der Waals surface area (Å²) in [6, 6.07) is 8.77. The SMILES string of the molecule is OC[C@H]1O[C@@H](S/C(C[C@H](O)c2ccccc2)=N/O)[C@H](O)[C@@H](O)[C@@H]1O. The van der Waals surface area contributed by atoms with Crippen LogP contribution in [0.15, 0.2) is 35.5 Å². The Bertz CT molecular complexity index is 542. The molecule has 6 N–H and O–H groups in total. The molecule has 0 unspecified atom stereocenters. The molecule has 1 aliphatic heterocycles. The Morgan fingerprint density at radius 1 is 1.12 bits per heavy atom. The summed E-state index contributed by atoms with van der Waals surface area (Å²) in [6.45, 7) is -0.541. The first-order valence-electron chi connectivity index (χ1n) is 7.39. The lowest BCUT2D eigenvalue weighted by Gasteiger charge is -2.39. The van der Waals surface area contributed by atoms with Gasteiger partial charge in [0.2, 0.25) is 0 Å². The molecule has 1 aliphatic rings. The molecular formula is C15H21NO7S. The molecule has 0 aliphatic carbocycles. The fraction of sp³-hybridized carbons (Fsp3) is 0.533. The highest BCUT2D eigenvalue weighted by Gasteiger charge is 2.44. The van der Waals surface area contributed by atoms with Gasteiger partial charge in [-0.2, -0.15) is 0 Å². The van der Waals surface area contributed by atoms with Gasteiger partial charge in [0.25, 0.3) is 0 Å². The molecule has 0 spiro atoms. The van der Waals surface area contributed by atoms with E-state index in [0.717, 1.165) is 11.8 Å². The monoisotopic (exact) mass is 359 g/mol. The molecule has 8 nitrogen and oxygen atoms in total. The van der Waals surface area contributed by atoms with E-state index in [1.165, 1.54) is 0 Å². The van der Waals surface area contributed by atoms with Crippen molar-refractivity contribution in [3.63, 3.8) is 0 Å². The average Bonchev–Trinajstić information content (AvgIpc) is 2.61. The van der Waals surface area contributed by atoms with Crippen molar-refractivity contribution in [2.75, 3.05) is 6.61 Å². The molecule has 24 heavy (non-hydrogen) atoms. The minimum absolute atomic E-state index is 0.0276. The number of nitrogens with zero attached hydrogens (tertiary/aromatic N) is 1. The third-order valence-electron chi connectivity index (χ3n) is 3.76. The van der Waals surface area contributed by atoms with Crippen molar-refractivity contribution in [2.45, 2.75) is 42.4 Å². The molecule has 0 aromatic heterocycles. The van der Waals surface area contributed by atoms with Crippen LogP contribution >= 0.6 is 11.8 Å². The Morgan fingerprint density at radius 3 is 2.38 bits per heavy atom. The van der Waals surface area contributed by atoms with Gasteiger partial charge >= 0.3 is 0 Å². The number of aliphatic hydroxyl groups excluding tert-OH is 5. The second-order valence-corrected chi connectivity index (χ2v) is 6.61. The molecule has 0 bridgehead atoms. The number of aliphatic hydroxyl groups is 5. The highest BCUT2D eigenvalue weighted by molar-refractivity contribution is 8.14. The standard InChI is InChI=1S/C15H21NO7S/c17-7-10-12(19)13(20)14(21)15(23-10)24-11(16-22)6-9(18)8-4-2-1-3-5-8/h1-5,9-10,12-15,17-22H,6-7H2/b16-11+/t9-,10+,12+,13-,14+,15-/m0/s1. The van der Waals surface area contributed by atoms with Gasteiger partial charge in [0.1, 0.15) is 34.9 Å². The Kier molecular flexibility index (Phi) is 6.99. The van der Waals surface area contributed by atoms with Gasteiger partial charge in [0.05, 0.1) is 12.7 Å². The summed E-state index contributed by atoms with van der Waals surface area (Å²) in [7, 11) is 0. The fourth-order valence-electron chi connectivity index (χ4n) is 2.37. The van der Waals surface area contributed by atoms with Gasteiger partial charge in [-0.25, -0.2) is 0 Å².